The molecule has 0 saturated carbocycles. The van der Waals surface area contributed by atoms with Crippen molar-refractivity contribution in [3.8, 4) is 0 Å². The number of amides is 1. The normalized spacial score (nSPS) is 12.4. The van der Waals surface area contributed by atoms with E-state index in [4.69, 9.17) is 16.2 Å². The topological polar surface area (TPSA) is 78.3 Å². The summed E-state index contributed by atoms with van der Waals surface area (Å²) in [4.78, 5) is 10.4. The van der Waals surface area contributed by atoms with Gasteiger partial charge in [-0.05, 0) is 24.1 Å². The molecule has 1 aromatic rings. The lowest BCUT2D eigenvalue weighted by molar-refractivity contribution is -0.122. The molecule has 0 aliphatic heterocycles. The van der Waals surface area contributed by atoms with Crippen molar-refractivity contribution in [1.82, 2.24) is 0 Å². The van der Waals surface area contributed by atoms with Crippen LogP contribution in [0.2, 0.25) is 0 Å². The fraction of sp³-hybridized carbons (Fsp3) is 0.364. The van der Waals surface area contributed by atoms with E-state index in [1.54, 1.807) is 19.1 Å². The molecule has 0 aliphatic rings. The van der Waals surface area contributed by atoms with E-state index in [0.717, 1.165) is 5.56 Å². The molecule has 1 amide bonds. The van der Waals surface area contributed by atoms with Gasteiger partial charge in [0.1, 0.15) is 12.4 Å². The van der Waals surface area contributed by atoms with Crippen LogP contribution in [-0.4, -0.2) is 19.1 Å². The van der Waals surface area contributed by atoms with Crippen LogP contribution in [0.4, 0.5) is 4.39 Å². The van der Waals surface area contributed by atoms with E-state index in [1.807, 2.05) is 0 Å². The molecule has 0 spiro atoms. The first kappa shape index (κ1) is 12.6. The molecule has 0 aliphatic carbocycles. The highest BCUT2D eigenvalue weighted by molar-refractivity contribution is 5.74. The number of halogens is 1. The van der Waals surface area contributed by atoms with Gasteiger partial charge < -0.3 is 16.2 Å². The van der Waals surface area contributed by atoms with Crippen LogP contribution < -0.4 is 11.5 Å². The van der Waals surface area contributed by atoms with E-state index in [0.29, 0.717) is 5.56 Å². The largest absolute Gasteiger partial charge is 0.370 e. The maximum atomic E-state index is 13.0. The lowest BCUT2D eigenvalue weighted by Crippen LogP contribution is -2.23. The first-order valence-electron chi connectivity index (χ1n) is 4.88. The number of primary amides is 1. The van der Waals surface area contributed by atoms with Crippen molar-refractivity contribution in [2.75, 3.05) is 13.2 Å². The van der Waals surface area contributed by atoms with Crippen LogP contribution in [0.15, 0.2) is 18.2 Å². The first-order valence-corrected chi connectivity index (χ1v) is 4.88. The van der Waals surface area contributed by atoms with Gasteiger partial charge in [0.05, 0.1) is 12.6 Å². The quantitative estimate of drug-likeness (QED) is 0.773. The van der Waals surface area contributed by atoms with E-state index >= 15 is 0 Å². The molecular weight excluding hydrogens is 211 g/mol. The summed E-state index contributed by atoms with van der Waals surface area (Å²) < 4.78 is 18.0. The minimum Gasteiger partial charge on any atom is -0.370 e. The van der Waals surface area contributed by atoms with Gasteiger partial charge in [0.15, 0.2) is 0 Å². The van der Waals surface area contributed by atoms with Gasteiger partial charge in [-0.2, -0.15) is 0 Å². The third kappa shape index (κ3) is 3.60. The summed E-state index contributed by atoms with van der Waals surface area (Å²) in [5.74, 6) is -0.809. The van der Waals surface area contributed by atoms with Crippen LogP contribution in [0.25, 0.3) is 0 Å². The first-order chi connectivity index (χ1) is 7.50. The van der Waals surface area contributed by atoms with Crippen molar-refractivity contribution in [3.63, 3.8) is 0 Å². The second-order valence-corrected chi connectivity index (χ2v) is 3.60. The molecule has 0 radical (unpaired) electrons. The predicted molar refractivity (Wildman–Crippen MR) is 58.1 cm³/mol. The smallest absolute Gasteiger partial charge is 0.243 e. The summed E-state index contributed by atoms with van der Waals surface area (Å²) in [5.41, 5.74) is 12.0. The zero-order valence-electron chi connectivity index (χ0n) is 9.07. The van der Waals surface area contributed by atoms with Crippen molar-refractivity contribution in [2.24, 2.45) is 11.5 Å². The molecule has 1 atom stereocenters. The maximum absolute atomic E-state index is 13.0. The highest BCUT2D eigenvalue weighted by Gasteiger charge is 2.08. The van der Waals surface area contributed by atoms with Crippen LogP contribution in [0.3, 0.4) is 0 Å². The molecule has 0 fully saturated rings. The van der Waals surface area contributed by atoms with Crippen molar-refractivity contribution in [1.29, 1.82) is 0 Å². The van der Waals surface area contributed by atoms with E-state index in [-0.39, 0.29) is 19.0 Å². The average molecular weight is 226 g/mol. The van der Waals surface area contributed by atoms with Gasteiger partial charge in [0.25, 0.3) is 0 Å². The van der Waals surface area contributed by atoms with Gasteiger partial charge in [-0.3, -0.25) is 4.79 Å². The lowest BCUT2D eigenvalue weighted by atomic mass is 10.1. The fourth-order valence-electron chi connectivity index (χ4n) is 1.28. The minimum absolute atomic E-state index is 0.159. The highest BCUT2D eigenvalue weighted by atomic mass is 19.1. The number of ether oxygens (including phenoxy) is 1. The summed E-state index contributed by atoms with van der Waals surface area (Å²) in [6, 6.07) is 4.23. The predicted octanol–water partition coefficient (Wildman–Crippen LogP) is 0.636. The average Bonchev–Trinajstić information content (AvgIpc) is 2.21. The molecule has 4 nitrogen and oxygen atoms in total. The SMILES string of the molecule is Cc1cc(C(N)COCC(N)=O)ccc1F. The van der Waals surface area contributed by atoms with Crippen LogP contribution >= 0.6 is 0 Å². The molecule has 16 heavy (non-hydrogen) atoms. The van der Waals surface area contributed by atoms with Crippen LogP contribution in [0, 0.1) is 12.7 Å². The van der Waals surface area contributed by atoms with Gasteiger partial charge in [0, 0.05) is 0 Å². The van der Waals surface area contributed by atoms with Gasteiger partial charge in [0.2, 0.25) is 5.91 Å². The van der Waals surface area contributed by atoms with Gasteiger partial charge in [-0.1, -0.05) is 12.1 Å². The van der Waals surface area contributed by atoms with Gasteiger partial charge in [-0.25, -0.2) is 4.39 Å². The Labute approximate surface area is 93.4 Å². The standard InChI is InChI=1S/C11H15FN2O2/c1-7-4-8(2-3-9(7)12)10(13)5-16-6-11(14)15/h2-4,10H,5-6,13H2,1H3,(H2,14,15). The molecule has 1 rings (SSSR count). The molecule has 0 bridgehead atoms. The van der Waals surface area contributed by atoms with Crippen LogP contribution in [0.1, 0.15) is 17.2 Å². The number of carbonyl (C=O) groups excluding carboxylic acids is 1. The summed E-state index contributed by atoms with van der Waals surface area (Å²) in [6.07, 6.45) is 0. The number of aryl methyl sites for hydroxylation is 1. The molecule has 0 heterocycles. The molecule has 5 heteroatoms. The Hall–Kier alpha value is -1.46. The molecule has 4 N–H and O–H groups in total. The Morgan fingerprint density at radius 2 is 2.25 bits per heavy atom. The van der Waals surface area contributed by atoms with Gasteiger partial charge in [-0.15, -0.1) is 0 Å². The number of nitrogens with two attached hydrogens (primary N) is 2. The summed E-state index contributed by atoms with van der Waals surface area (Å²) in [5, 5.41) is 0. The molecular formula is C11H15FN2O2. The van der Waals surface area contributed by atoms with E-state index in [9.17, 15) is 9.18 Å². The lowest BCUT2D eigenvalue weighted by Gasteiger charge is -2.12. The summed E-state index contributed by atoms with van der Waals surface area (Å²) in [7, 11) is 0. The van der Waals surface area contributed by atoms with E-state index < -0.39 is 11.9 Å². The Morgan fingerprint density at radius 1 is 1.56 bits per heavy atom. The Bertz CT molecular complexity index is 382. The van der Waals surface area contributed by atoms with Crippen LogP contribution in [0.5, 0.6) is 0 Å². The third-order valence-corrected chi connectivity index (χ3v) is 2.15. The Balaban J connectivity index is 2.55. The molecule has 1 aromatic carbocycles. The molecule has 0 aromatic heterocycles. The monoisotopic (exact) mass is 226 g/mol. The number of benzene rings is 1. The summed E-state index contributed by atoms with van der Waals surface area (Å²) >= 11 is 0. The summed E-state index contributed by atoms with van der Waals surface area (Å²) in [6.45, 7) is 1.68. The maximum Gasteiger partial charge on any atom is 0.243 e. The molecule has 1 unspecified atom stereocenters. The van der Waals surface area contributed by atoms with Gasteiger partial charge >= 0.3 is 0 Å². The second kappa shape index (κ2) is 5.58. The molecule has 88 valence electrons. The Kier molecular flexibility index (Phi) is 4.39. The van der Waals surface area contributed by atoms with Crippen molar-refractivity contribution in [3.05, 3.63) is 35.1 Å². The zero-order valence-corrected chi connectivity index (χ0v) is 9.07. The molecule has 0 saturated heterocycles. The minimum atomic E-state index is -0.539. The second-order valence-electron chi connectivity index (χ2n) is 3.60. The van der Waals surface area contributed by atoms with Crippen molar-refractivity contribution < 1.29 is 13.9 Å². The van der Waals surface area contributed by atoms with E-state index in [1.165, 1.54) is 6.07 Å². The fourth-order valence-corrected chi connectivity index (χ4v) is 1.28. The van der Waals surface area contributed by atoms with Crippen LogP contribution in [-0.2, 0) is 9.53 Å². The van der Waals surface area contributed by atoms with Crippen molar-refractivity contribution >= 4 is 5.91 Å². The Morgan fingerprint density at radius 3 is 2.81 bits per heavy atom. The third-order valence-electron chi connectivity index (χ3n) is 2.15. The number of hydrogen-bond donors (Lipinski definition) is 2. The number of rotatable bonds is 5. The number of hydrogen-bond acceptors (Lipinski definition) is 3. The van der Waals surface area contributed by atoms with Crippen molar-refractivity contribution in [2.45, 2.75) is 13.0 Å². The van der Waals surface area contributed by atoms with E-state index in [2.05, 4.69) is 0 Å². The number of carbonyl (C=O) groups is 1. The highest BCUT2D eigenvalue weighted by Crippen LogP contribution is 2.15. The zero-order chi connectivity index (χ0) is 12.1.